The van der Waals surface area contributed by atoms with Crippen molar-refractivity contribution in [3.63, 3.8) is 0 Å². The maximum absolute atomic E-state index is 12.7. The Morgan fingerprint density at radius 1 is 1.40 bits per heavy atom. The Morgan fingerprint density at radius 3 is 2.55 bits per heavy atom. The van der Waals surface area contributed by atoms with Gasteiger partial charge < -0.3 is 0 Å². The maximum Gasteiger partial charge on any atom is 0.432 e. The summed E-state index contributed by atoms with van der Waals surface area (Å²) in [5, 5.41) is 14.4. The Kier molecular flexibility index (Phi) is 3.20. The average molecular weight is 287 g/mol. The molecule has 1 unspecified atom stereocenters. The normalized spacial score (nSPS) is 19.2. The molecule has 9 heteroatoms. The molecule has 0 aromatic heterocycles. The minimum absolute atomic E-state index is 0.0738. The largest absolute Gasteiger partial charge is 0.432 e. The summed E-state index contributed by atoms with van der Waals surface area (Å²) in [5.41, 5.74) is -1.62. The smallest absolute Gasteiger partial charge is 0.272 e. The number of carbonyl (C=O) groups excluding carboxylic acids is 1. The number of nitro benzene ring substituents is 1. The number of halogens is 3. The van der Waals surface area contributed by atoms with Gasteiger partial charge in [0.25, 0.3) is 11.6 Å². The van der Waals surface area contributed by atoms with Crippen LogP contribution in [0.2, 0.25) is 0 Å². The highest BCUT2D eigenvalue weighted by molar-refractivity contribution is 6.17. The van der Waals surface area contributed by atoms with Gasteiger partial charge in [0.1, 0.15) is 0 Å². The van der Waals surface area contributed by atoms with E-state index >= 15 is 0 Å². The van der Waals surface area contributed by atoms with Gasteiger partial charge in [-0.3, -0.25) is 14.9 Å². The van der Waals surface area contributed by atoms with E-state index in [1.165, 1.54) is 18.2 Å². The third-order valence-corrected chi connectivity index (χ3v) is 2.77. The highest BCUT2D eigenvalue weighted by Crippen LogP contribution is 2.32. The van der Waals surface area contributed by atoms with Crippen molar-refractivity contribution in [2.75, 3.05) is 5.01 Å². The molecule has 1 heterocycles. The van der Waals surface area contributed by atoms with Crippen LogP contribution < -0.4 is 5.01 Å². The number of rotatable bonds is 2. The number of anilines is 1. The quantitative estimate of drug-likeness (QED) is 0.619. The molecule has 0 saturated heterocycles. The average Bonchev–Trinajstić information content (AvgIpc) is 2.66. The van der Waals surface area contributed by atoms with E-state index in [4.69, 9.17) is 0 Å². The molecule has 0 N–H and O–H groups in total. The molecule has 2 rings (SSSR count). The fourth-order valence-electron chi connectivity index (χ4n) is 1.77. The number of nitrogens with zero attached hydrogens (tertiary/aromatic N) is 3. The Morgan fingerprint density at radius 2 is 2.05 bits per heavy atom. The fraction of sp³-hybridized carbons (Fsp3) is 0.273. The topological polar surface area (TPSA) is 75.8 Å². The zero-order valence-corrected chi connectivity index (χ0v) is 10.1. The molecule has 106 valence electrons. The molecular weight excluding hydrogens is 279 g/mol. The van der Waals surface area contributed by atoms with Crippen molar-refractivity contribution in [3.05, 3.63) is 34.4 Å². The summed E-state index contributed by atoms with van der Waals surface area (Å²) in [7, 11) is 0. The van der Waals surface area contributed by atoms with Crippen LogP contribution in [0.4, 0.5) is 24.5 Å². The summed E-state index contributed by atoms with van der Waals surface area (Å²) in [4.78, 5) is 21.7. The van der Waals surface area contributed by atoms with Crippen molar-refractivity contribution in [1.82, 2.24) is 0 Å². The first-order chi connectivity index (χ1) is 9.21. The molecule has 0 fully saturated rings. The predicted octanol–water partition coefficient (Wildman–Crippen LogP) is 2.50. The third-order valence-electron chi connectivity index (χ3n) is 2.77. The molecule has 1 aliphatic heterocycles. The molecular formula is C11H8F3N3O3. The van der Waals surface area contributed by atoms with Crippen molar-refractivity contribution in [2.24, 2.45) is 11.0 Å². The van der Waals surface area contributed by atoms with E-state index in [0.29, 0.717) is 5.01 Å². The van der Waals surface area contributed by atoms with E-state index in [9.17, 15) is 28.1 Å². The molecule has 20 heavy (non-hydrogen) atoms. The van der Waals surface area contributed by atoms with Crippen LogP contribution in [0, 0.1) is 16.0 Å². The van der Waals surface area contributed by atoms with Crippen molar-refractivity contribution in [3.8, 4) is 0 Å². The summed E-state index contributed by atoms with van der Waals surface area (Å²) >= 11 is 0. The molecule has 1 atom stereocenters. The SMILES string of the molecule is CC1C(=O)N(c2cccc([N+](=O)[O-])c2)N=C1C(F)(F)F. The first-order valence-electron chi connectivity index (χ1n) is 5.46. The van der Waals surface area contributed by atoms with E-state index < -0.39 is 28.6 Å². The van der Waals surface area contributed by atoms with Crippen LogP contribution in [0.3, 0.4) is 0 Å². The number of carbonyl (C=O) groups is 1. The number of alkyl halides is 3. The van der Waals surface area contributed by atoms with Gasteiger partial charge in [0.15, 0.2) is 5.71 Å². The van der Waals surface area contributed by atoms with Gasteiger partial charge >= 0.3 is 6.18 Å². The minimum Gasteiger partial charge on any atom is -0.272 e. The summed E-state index contributed by atoms with van der Waals surface area (Å²) in [5.74, 6) is -2.31. The molecule has 6 nitrogen and oxygen atoms in total. The second kappa shape index (κ2) is 4.58. The Labute approximate surface area is 110 Å². The van der Waals surface area contributed by atoms with E-state index in [1.807, 2.05) is 0 Å². The van der Waals surface area contributed by atoms with Crippen molar-refractivity contribution < 1.29 is 22.9 Å². The van der Waals surface area contributed by atoms with Crippen LogP contribution >= 0.6 is 0 Å². The number of benzene rings is 1. The molecule has 0 saturated carbocycles. The van der Waals surface area contributed by atoms with Gasteiger partial charge in [0, 0.05) is 12.1 Å². The zero-order chi connectivity index (χ0) is 15.1. The molecule has 1 aromatic carbocycles. The predicted molar refractivity (Wildman–Crippen MR) is 63.2 cm³/mol. The van der Waals surface area contributed by atoms with Crippen LogP contribution in [-0.4, -0.2) is 22.7 Å². The van der Waals surface area contributed by atoms with Gasteiger partial charge in [0.05, 0.1) is 16.5 Å². The zero-order valence-electron chi connectivity index (χ0n) is 10.1. The summed E-state index contributed by atoms with van der Waals surface area (Å²) < 4.78 is 38.0. The first kappa shape index (κ1) is 14.0. The van der Waals surface area contributed by atoms with Gasteiger partial charge in [-0.25, -0.2) is 0 Å². The van der Waals surface area contributed by atoms with Crippen LogP contribution in [0.25, 0.3) is 0 Å². The number of amides is 1. The molecule has 1 aliphatic rings. The standard InChI is InChI=1S/C11H8F3N3O3/c1-6-9(11(12,13)14)15-16(10(6)18)7-3-2-4-8(5-7)17(19)20/h2-6H,1H3. The summed E-state index contributed by atoms with van der Waals surface area (Å²) in [6.45, 7) is 1.09. The highest BCUT2D eigenvalue weighted by Gasteiger charge is 2.48. The summed E-state index contributed by atoms with van der Waals surface area (Å²) in [6, 6.07) is 4.71. The second-order valence-electron chi connectivity index (χ2n) is 4.13. The van der Waals surface area contributed by atoms with Crippen LogP contribution in [-0.2, 0) is 4.79 Å². The molecule has 1 aromatic rings. The molecule has 0 bridgehead atoms. The van der Waals surface area contributed by atoms with E-state index in [0.717, 1.165) is 13.0 Å². The van der Waals surface area contributed by atoms with E-state index in [2.05, 4.69) is 5.10 Å². The van der Waals surface area contributed by atoms with Crippen molar-refractivity contribution in [1.29, 1.82) is 0 Å². The van der Waals surface area contributed by atoms with Gasteiger partial charge in [-0.05, 0) is 13.0 Å². The lowest BCUT2D eigenvalue weighted by Gasteiger charge is -2.12. The minimum atomic E-state index is -4.72. The maximum atomic E-state index is 12.7. The van der Waals surface area contributed by atoms with E-state index in [1.54, 1.807) is 0 Å². The number of hydrogen-bond donors (Lipinski definition) is 0. The van der Waals surface area contributed by atoms with Crippen LogP contribution in [0.5, 0.6) is 0 Å². The van der Waals surface area contributed by atoms with Crippen molar-refractivity contribution >= 4 is 23.0 Å². The summed E-state index contributed by atoms with van der Waals surface area (Å²) in [6.07, 6.45) is -4.72. The van der Waals surface area contributed by atoms with Gasteiger partial charge in [0.2, 0.25) is 0 Å². The lowest BCUT2D eigenvalue weighted by Crippen LogP contribution is -2.31. The number of nitro groups is 1. The third kappa shape index (κ3) is 2.33. The number of hydrogen-bond acceptors (Lipinski definition) is 4. The number of non-ortho nitro benzene ring substituents is 1. The van der Waals surface area contributed by atoms with E-state index in [-0.39, 0.29) is 11.4 Å². The van der Waals surface area contributed by atoms with Crippen LogP contribution in [0.1, 0.15) is 6.92 Å². The van der Waals surface area contributed by atoms with Gasteiger partial charge in [-0.15, -0.1) is 0 Å². The van der Waals surface area contributed by atoms with Gasteiger partial charge in [-0.1, -0.05) is 6.07 Å². The monoisotopic (exact) mass is 287 g/mol. The lowest BCUT2D eigenvalue weighted by atomic mass is 10.1. The molecule has 0 radical (unpaired) electrons. The molecule has 0 aliphatic carbocycles. The highest BCUT2D eigenvalue weighted by atomic mass is 19.4. The molecule has 0 spiro atoms. The van der Waals surface area contributed by atoms with Crippen LogP contribution in [0.15, 0.2) is 29.4 Å². The second-order valence-corrected chi connectivity index (χ2v) is 4.13. The number of hydrazone groups is 1. The molecule has 1 amide bonds. The van der Waals surface area contributed by atoms with Gasteiger partial charge in [-0.2, -0.15) is 23.3 Å². The first-order valence-corrected chi connectivity index (χ1v) is 5.46. The lowest BCUT2D eigenvalue weighted by molar-refractivity contribution is -0.384. The van der Waals surface area contributed by atoms with Crippen molar-refractivity contribution in [2.45, 2.75) is 13.1 Å². The fourth-order valence-corrected chi connectivity index (χ4v) is 1.77. The Hall–Kier alpha value is -2.45. The Bertz CT molecular complexity index is 612. The Balaban J connectivity index is 2.43.